The molecule has 0 spiro atoms. The molecule has 7 heteroatoms. The molecule has 1 aromatic heterocycles. The number of nitrogens with zero attached hydrogens (tertiary/aromatic N) is 2. The van der Waals surface area contributed by atoms with E-state index in [4.69, 9.17) is 11.6 Å². The molecule has 2 aromatic rings. The van der Waals surface area contributed by atoms with Crippen LogP contribution in [-0.2, 0) is 4.79 Å². The van der Waals surface area contributed by atoms with Gasteiger partial charge < -0.3 is 11.1 Å². The van der Waals surface area contributed by atoms with E-state index in [0.29, 0.717) is 5.82 Å². The third-order valence-electron chi connectivity index (χ3n) is 2.51. The van der Waals surface area contributed by atoms with E-state index in [1.54, 1.807) is 6.92 Å². The van der Waals surface area contributed by atoms with Gasteiger partial charge in [-0.2, -0.15) is 4.98 Å². The number of hydrogen-bond donors (Lipinski definition) is 4. The first-order chi connectivity index (χ1) is 8.61. The van der Waals surface area contributed by atoms with Crippen molar-refractivity contribution in [3.63, 3.8) is 0 Å². The summed E-state index contributed by atoms with van der Waals surface area (Å²) in [5, 5.41) is 3.73. The lowest BCUT2D eigenvalue weighted by Crippen LogP contribution is -2.33. The van der Waals surface area contributed by atoms with E-state index in [-0.39, 0.29) is 5.95 Å². The van der Waals surface area contributed by atoms with Gasteiger partial charge in [0.2, 0.25) is 11.9 Å². The lowest BCUT2D eigenvalue weighted by Gasteiger charge is -2.13. The number of nitrogens with two attached hydrogens (primary N) is 2. The quantitative estimate of drug-likeness (QED) is 0.452. The average molecular weight is 246 g/mol. The number of carbonyl (C=O) groups excluding carboxylic acids is 1. The second-order valence-electron chi connectivity index (χ2n) is 3.83. The highest BCUT2D eigenvalue weighted by Gasteiger charge is 2.12. The van der Waals surface area contributed by atoms with Crippen LogP contribution in [0.25, 0.3) is 10.9 Å². The number of benzene rings is 1. The first-order valence-electron chi connectivity index (χ1n) is 5.41. The van der Waals surface area contributed by atoms with Crippen LogP contribution in [0.2, 0.25) is 0 Å². The Morgan fingerprint density at radius 1 is 1.33 bits per heavy atom. The number of anilines is 2. The molecule has 18 heavy (non-hydrogen) atoms. The fraction of sp³-hybridized carbons (Fsp3) is 0.182. The Kier molecular flexibility index (Phi) is 3.24. The van der Waals surface area contributed by atoms with Gasteiger partial charge in [-0.1, -0.05) is 12.1 Å². The van der Waals surface area contributed by atoms with E-state index in [9.17, 15) is 4.79 Å². The second-order valence-corrected chi connectivity index (χ2v) is 3.83. The number of aromatic nitrogens is 2. The minimum atomic E-state index is -0.533. The van der Waals surface area contributed by atoms with Gasteiger partial charge in [0.1, 0.15) is 11.9 Å². The Labute approximate surface area is 104 Å². The summed E-state index contributed by atoms with van der Waals surface area (Å²) in [6, 6.07) is 6.87. The Morgan fingerprint density at radius 3 is 2.72 bits per heavy atom. The predicted octanol–water partition coefficient (Wildman–Crippen LogP) is 0.201. The van der Waals surface area contributed by atoms with Gasteiger partial charge in [0.25, 0.3) is 0 Å². The van der Waals surface area contributed by atoms with E-state index in [1.165, 1.54) is 0 Å². The number of hydrazine groups is 1. The van der Waals surface area contributed by atoms with Gasteiger partial charge in [-0.25, -0.2) is 10.8 Å². The van der Waals surface area contributed by atoms with Crippen LogP contribution in [-0.4, -0.2) is 21.9 Å². The van der Waals surface area contributed by atoms with E-state index >= 15 is 0 Å². The maximum absolute atomic E-state index is 11.1. The van der Waals surface area contributed by atoms with Crippen LogP contribution in [0, 0.1) is 0 Å². The maximum Gasteiger partial charge on any atom is 0.239 e. The summed E-state index contributed by atoms with van der Waals surface area (Å²) in [4.78, 5) is 19.4. The number of fused-ring (bicyclic) bond motifs is 1. The number of hydrogen-bond acceptors (Lipinski definition) is 6. The number of carbonyl (C=O) groups is 1. The van der Waals surface area contributed by atoms with Crippen molar-refractivity contribution in [2.75, 3.05) is 10.7 Å². The molecule has 6 N–H and O–H groups in total. The molecular formula is C11H14N6O. The highest BCUT2D eigenvalue weighted by molar-refractivity contribution is 5.92. The number of amides is 1. The molecule has 0 aliphatic heterocycles. The smallest absolute Gasteiger partial charge is 0.239 e. The van der Waals surface area contributed by atoms with E-state index in [2.05, 4.69) is 20.7 Å². The summed E-state index contributed by atoms with van der Waals surface area (Å²) >= 11 is 0. The molecule has 7 nitrogen and oxygen atoms in total. The van der Waals surface area contributed by atoms with Gasteiger partial charge in [0.05, 0.1) is 5.52 Å². The summed E-state index contributed by atoms with van der Waals surface area (Å²) in [5.74, 6) is 5.63. The summed E-state index contributed by atoms with van der Waals surface area (Å²) < 4.78 is 0. The summed E-state index contributed by atoms with van der Waals surface area (Å²) in [7, 11) is 0. The molecule has 2 rings (SSSR count). The van der Waals surface area contributed by atoms with Crippen LogP contribution in [0.3, 0.4) is 0 Å². The standard InChI is InChI=1S/C11H14N6O/c1-6(9(12)18)14-10-7-4-2-3-5-8(7)15-11(16-10)17-13/h2-6H,13H2,1H3,(H2,12,18)(H2,14,15,16,17). The summed E-state index contributed by atoms with van der Waals surface area (Å²) in [6.07, 6.45) is 0. The monoisotopic (exact) mass is 246 g/mol. The van der Waals surface area contributed by atoms with Gasteiger partial charge in [0, 0.05) is 5.39 Å². The molecule has 0 aliphatic carbocycles. The van der Waals surface area contributed by atoms with Gasteiger partial charge in [0.15, 0.2) is 0 Å². The zero-order valence-electron chi connectivity index (χ0n) is 9.84. The third-order valence-corrected chi connectivity index (χ3v) is 2.51. The molecule has 0 bridgehead atoms. The maximum atomic E-state index is 11.1. The summed E-state index contributed by atoms with van der Waals surface area (Å²) in [5.41, 5.74) is 8.32. The highest BCUT2D eigenvalue weighted by Crippen LogP contribution is 2.21. The Balaban J connectivity index is 2.50. The van der Waals surface area contributed by atoms with Gasteiger partial charge in [-0.3, -0.25) is 10.2 Å². The number of nitrogen functional groups attached to an aromatic ring is 1. The minimum Gasteiger partial charge on any atom is -0.368 e. The average Bonchev–Trinajstić information content (AvgIpc) is 2.38. The first-order valence-corrected chi connectivity index (χ1v) is 5.41. The highest BCUT2D eigenvalue weighted by atomic mass is 16.1. The lowest BCUT2D eigenvalue weighted by atomic mass is 10.2. The Morgan fingerprint density at radius 2 is 2.06 bits per heavy atom. The molecule has 0 saturated heterocycles. The van der Waals surface area contributed by atoms with Crippen LogP contribution >= 0.6 is 0 Å². The second kappa shape index (κ2) is 4.84. The minimum absolute atomic E-state index is 0.271. The van der Waals surface area contributed by atoms with Crippen molar-refractivity contribution < 1.29 is 4.79 Å². The van der Waals surface area contributed by atoms with Crippen molar-refractivity contribution >= 4 is 28.6 Å². The molecule has 1 aromatic carbocycles. The lowest BCUT2D eigenvalue weighted by molar-refractivity contribution is -0.118. The molecule has 0 radical (unpaired) electrons. The number of primary amides is 1. The molecule has 1 heterocycles. The fourth-order valence-electron chi connectivity index (χ4n) is 1.53. The topological polar surface area (TPSA) is 119 Å². The van der Waals surface area contributed by atoms with Crippen LogP contribution in [0.5, 0.6) is 0 Å². The number of para-hydroxylation sites is 1. The molecule has 94 valence electrons. The third kappa shape index (κ3) is 2.30. The van der Waals surface area contributed by atoms with Gasteiger partial charge in [-0.15, -0.1) is 0 Å². The van der Waals surface area contributed by atoms with Crippen LogP contribution in [0.1, 0.15) is 6.92 Å². The van der Waals surface area contributed by atoms with E-state index in [0.717, 1.165) is 10.9 Å². The molecular weight excluding hydrogens is 232 g/mol. The van der Waals surface area contributed by atoms with Crippen molar-refractivity contribution in [3.8, 4) is 0 Å². The number of nitrogens with one attached hydrogen (secondary N) is 2. The largest absolute Gasteiger partial charge is 0.368 e. The zero-order chi connectivity index (χ0) is 13.1. The van der Waals surface area contributed by atoms with Crippen LogP contribution < -0.4 is 22.3 Å². The van der Waals surface area contributed by atoms with Crippen molar-refractivity contribution in [1.82, 2.24) is 9.97 Å². The van der Waals surface area contributed by atoms with Gasteiger partial charge >= 0.3 is 0 Å². The predicted molar refractivity (Wildman–Crippen MR) is 69.6 cm³/mol. The van der Waals surface area contributed by atoms with Gasteiger partial charge in [-0.05, 0) is 19.1 Å². The van der Waals surface area contributed by atoms with Crippen molar-refractivity contribution in [3.05, 3.63) is 24.3 Å². The van der Waals surface area contributed by atoms with E-state index < -0.39 is 11.9 Å². The molecule has 1 atom stereocenters. The molecule has 1 amide bonds. The van der Waals surface area contributed by atoms with Crippen LogP contribution in [0.15, 0.2) is 24.3 Å². The van der Waals surface area contributed by atoms with E-state index in [1.807, 2.05) is 24.3 Å². The molecule has 0 fully saturated rings. The molecule has 0 aliphatic rings. The molecule has 1 unspecified atom stereocenters. The normalized spacial score (nSPS) is 12.1. The zero-order valence-corrected chi connectivity index (χ0v) is 9.84. The van der Waals surface area contributed by atoms with Crippen LogP contribution in [0.4, 0.5) is 11.8 Å². The Hall–Kier alpha value is -2.41. The van der Waals surface area contributed by atoms with Crippen molar-refractivity contribution in [2.24, 2.45) is 11.6 Å². The summed E-state index contributed by atoms with van der Waals surface area (Å²) in [6.45, 7) is 1.66. The first kappa shape index (κ1) is 12.1. The van der Waals surface area contributed by atoms with Crippen molar-refractivity contribution in [2.45, 2.75) is 13.0 Å². The SMILES string of the molecule is CC(Nc1nc(NN)nc2ccccc12)C(N)=O. The number of rotatable bonds is 4. The Bertz CT molecular complexity index is 585. The van der Waals surface area contributed by atoms with Crippen molar-refractivity contribution in [1.29, 1.82) is 0 Å². The fourth-order valence-corrected chi connectivity index (χ4v) is 1.53. The molecule has 0 saturated carbocycles.